The fourth-order valence-electron chi connectivity index (χ4n) is 2.62. The number of carbonyl (C=O) groups is 3. The fraction of sp³-hybridized carbons (Fsp3) is 0.333. The van der Waals surface area contributed by atoms with Crippen LogP contribution >= 0.6 is 23.4 Å². The predicted molar refractivity (Wildman–Crippen MR) is 119 cm³/mol. The van der Waals surface area contributed by atoms with Crippen LogP contribution < -0.4 is 4.90 Å². The van der Waals surface area contributed by atoms with Crippen molar-refractivity contribution in [2.45, 2.75) is 44.7 Å². The summed E-state index contributed by atoms with van der Waals surface area (Å²) in [6.07, 6.45) is -0.671. The Hall–Kier alpha value is -2.78. The average molecular weight is 466 g/mol. The highest BCUT2D eigenvalue weighted by Gasteiger charge is 2.35. The third-order valence-corrected chi connectivity index (χ3v) is 5.18. The van der Waals surface area contributed by atoms with E-state index in [0.717, 1.165) is 21.1 Å². The van der Waals surface area contributed by atoms with Gasteiger partial charge < -0.3 is 9.84 Å². The van der Waals surface area contributed by atoms with Crippen molar-refractivity contribution in [3.8, 4) is 0 Å². The quantitative estimate of drug-likeness (QED) is 0.610. The molecule has 8 nitrogen and oxygen atoms in total. The van der Waals surface area contributed by atoms with E-state index < -0.39 is 17.7 Å². The molecule has 1 aromatic heterocycles. The van der Waals surface area contributed by atoms with Gasteiger partial charge in [-0.3, -0.25) is 9.69 Å². The molecule has 10 heteroatoms. The van der Waals surface area contributed by atoms with Crippen molar-refractivity contribution in [3.05, 3.63) is 52.7 Å². The maximum Gasteiger partial charge on any atom is 0.419 e. The molecular formula is C21H24ClN3O5S. The van der Waals surface area contributed by atoms with Gasteiger partial charge in [0.2, 0.25) is 0 Å². The maximum atomic E-state index is 13.3. The number of pyridine rings is 1. The SMILES string of the molecule is Cc1ccc2c(n1)N(Cc1ccc(Cl)cc1)C(=O)N(C(=O)OC(C)(C)C)CS2.O=CO. The molecule has 31 heavy (non-hydrogen) atoms. The number of thioether (sulfide) groups is 1. The molecule has 1 aromatic carbocycles. The van der Waals surface area contributed by atoms with Crippen molar-refractivity contribution in [3.63, 3.8) is 0 Å². The zero-order chi connectivity index (χ0) is 23.2. The summed E-state index contributed by atoms with van der Waals surface area (Å²) in [6, 6.07) is 10.6. The lowest BCUT2D eigenvalue weighted by Gasteiger charge is -2.28. The molecule has 1 aliphatic rings. The minimum atomic E-state index is -0.697. The van der Waals surface area contributed by atoms with Gasteiger partial charge in [0.1, 0.15) is 5.60 Å². The second-order valence-corrected chi connectivity index (χ2v) is 8.98. The molecule has 0 fully saturated rings. The molecule has 0 saturated carbocycles. The second-order valence-electron chi connectivity index (χ2n) is 7.56. The topological polar surface area (TPSA) is 100 Å². The van der Waals surface area contributed by atoms with Crippen LogP contribution in [0, 0.1) is 6.92 Å². The molecular weight excluding hydrogens is 442 g/mol. The Morgan fingerprint density at radius 2 is 1.87 bits per heavy atom. The number of carbonyl (C=O) groups excluding carboxylic acids is 2. The average Bonchev–Trinajstić information content (AvgIpc) is 2.80. The summed E-state index contributed by atoms with van der Waals surface area (Å²) in [7, 11) is 0. The van der Waals surface area contributed by atoms with Crippen molar-refractivity contribution in [1.82, 2.24) is 9.88 Å². The fourth-order valence-corrected chi connectivity index (χ4v) is 3.68. The van der Waals surface area contributed by atoms with Crippen LogP contribution in [-0.4, -0.2) is 45.1 Å². The lowest BCUT2D eigenvalue weighted by molar-refractivity contribution is -0.122. The number of ether oxygens (including phenoxy) is 1. The highest BCUT2D eigenvalue weighted by atomic mass is 35.5. The lowest BCUT2D eigenvalue weighted by atomic mass is 10.2. The number of carboxylic acid groups (broad SMARTS) is 1. The Bertz CT molecular complexity index is 947. The van der Waals surface area contributed by atoms with Crippen LogP contribution in [0.25, 0.3) is 0 Å². The van der Waals surface area contributed by atoms with E-state index in [-0.39, 0.29) is 18.9 Å². The summed E-state index contributed by atoms with van der Waals surface area (Å²) < 4.78 is 5.43. The molecule has 1 N–H and O–H groups in total. The standard InChI is InChI=1S/C20H22ClN3O3S.CH2O2/c1-13-5-10-16-17(22-13)23(11-14-6-8-15(21)9-7-14)18(25)24(12-28-16)19(26)27-20(2,3)4;2-1-3/h5-10H,11-12H2,1-4H3;1H,(H,2,3). The third-order valence-electron chi connectivity index (χ3n) is 3.91. The van der Waals surface area contributed by atoms with E-state index >= 15 is 0 Å². The van der Waals surface area contributed by atoms with Crippen molar-refractivity contribution in [1.29, 1.82) is 0 Å². The monoisotopic (exact) mass is 465 g/mol. The van der Waals surface area contributed by atoms with Crippen LogP contribution in [0.2, 0.25) is 5.02 Å². The number of nitrogens with zero attached hydrogens (tertiary/aromatic N) is 3. The highest BCUT2D eigenvalue weighted by Crippen LogP contribution is 2.35. The molecule has 2 aromatic rings. The summed E-state index contributed by atoms with van der Waals surface area (Å²) in [5.41, 5.74) is 0.971. The van der Waals surface area contributed by atoms with E-state index in [1.54, 1.807) is 32.9 Å². The summed E-state index contributed by atoms with van der Waals surface area (Å²) in [5, 5.41) is 7.51. The van der Waals surface area contributed by atoms with Gasteiger partial charge in [0.25, 0.3) is 6.47 Å². The molecule has 0 saturated heterocycles. The zero-order valence-electron chi connectivity index (χ0n) is 17.7. The number of anilines is 1. The first-order valence-electron chi connectivity index (χ1n) is 9.30. The summed E-state index contributed by atoms with van der Waals surface area (Å²) in [4.78, 5) is 42.3. The molecule has 0 atom stereocenters. The zero-order valence-corrected chi connectivity index (χ0v) is 19.2. The van der Waals surface area contributed by atoms with Gasteiger partial charge in [-0.25, -0.2) is 19.5 Å². The van der Waals surface area contributed by atoms with Crippen molar-refractivity contribution < 1.29 is 24.2 Å². The molecule has 0 bridgehead atoms. The number of amides is 3. The molecule has 2 heterocycles. The van der Waals surface area contributed by atoms with Gasteiger partial charge in [0.15, 0.2) is 5.82 Å². The first kappa shape index (κ1) is 24.5. The van der Waals surface area contributed by atoms with E-state index in [9.17, 15) is 9.59 Å². The van der Waals surface area contributed by atoms with Gasteiger partial charge in [-0.2, -0.15) is 0 Å². The van der Waals surface area contributed by atoms with Crippen LogP contribution in [0.5, 0.6) is 0 Å². The van der Waals surface area contributed by atoms with Gasteiger partial charge in [-0.1, -0.05) is 35.5 Å². The van der Waals surface area contributed by atoms with Crippen molar-refractivity contribution in [2.75, 3.05) is 10.8 Å². The number of aromatic nitrogens is 1. The predicted octanol–water partition coefficient (Wildman–Crippen LogP) is 5.17. The number of halogens is 1. The number of hydrogen-bond donors (Lipinski definition) is 1. The minimum Gasteiger partial charge on any atom is -0.483 e. The van der Waals surface area contributed by atoms with Gasteiger partial charge in [-0.15, -0.1) is 0 Å². The van der Waals surface area contributed by atoms with Gasteiger partial charge >= 0.3 is 12.1 Å². The Morgan fingerprint density at radius 3 is 2.45 bits per heavy atom. The Balaban J connectivity index is 0.00000107. The third kappa shape index (κ3) is 6.86. The van der Waals surface area contributed by atoms with Crippen molar-refractivity contribution >= 4 is 47.8 Å². The first-order valence-corrected chi connectivity index (χ1v) is 10.7. The molecule has 0 radical (unpaired) electrons. The number of fused-ring (bicyclic) bond motifs is 1. The lowest BCUT2D eigenvalue weighted by Crippen LogP contribution is -2.47. The number of benzene rings is 1. The van der Waals surface area contributed by atoms with E-state index in [0.29, 0.717) is 10.8 Å². The Morgan fingerprint density at radius 1 is 1.26 bits per heavy atom. The molecule has 0 spiro atoms. The van der Waals surface area contributed by atoms with Gasteiger partial charge in [0.05, 0.1) is 17.3 Å². The van der Waals surface area contributed by atoms with Crippen LogP contribution in [0.3, 0.4) is 0 Å². The smallest absolute Gasteiger partial charge is 0.419 e. The van der Waals surface area contributed by atoms with E-state index in [1.807, 2.05) is 31.2 Å². The van der Waals surface area contributed by atoms with Gasteiger partial charge in [0, 0.05) is 10.7 Å². The Kier molecular flexibility index (Phi) is 8.29. The molecule has 3 amide bonds. The number of urea groups is 1. The van der Waals surface area contributed by atoms with Crippen LogP contribution in [-0.2, 0) is 16.1 Å². The van der Waals surface area contributed by atoms with Crippen LogP contribution in [0.1, 0.15) is 32.0 Å². The molecule has 0 unspecified atom stereocenters. The van der Waals surface area contributed by atoms with Gasteiger partial charge in [-0.05, 0) is 57.5 Å². The number of rotatable bonds is 2. The summed E-state index contributed by atoms with van der Waals surface area (Å²) >= 11 is 7.35. The summed E-state index contributed by atoms with van der Waals surface area (Å²) in [6.45, 7) is 7.19. The van der Waals surface area contributed by atoms with Crippen molar-refractivity contribution in [2.24, 2.45) is 0 Å². The van der Waals surface area contributed by atoms with E-state index in [2.05, 4.69) is 4.98 Å². The van der Waals surface area contributed by atoms with E-state index in [4.69, 9.17) is 26.2 Å². The molecule has 3 rings (SSSR count). The van der Waals surface area contributed by atoms with Crippen LogP contribution in [0.15, 0.2) is 41.3 Å². The second kappa shape index (κ2) is 10.5. The highest BCUT2D eigenvalue weighted by molar-refractivity contribution is 7.99. The number of imide groups is 1. The molecule has 166 valence electrons. The first-order chi connectivity index (χ1) is 14.6. The molecule has 0 aliphatic carbocycles. The largest absolute Gasteiger partial charge is 0.483 e. The normalized spacial score (nSPS) is 13.5. The maximum absolute atomic E-state index is 13.3. The number of aryl methyl sites for hydroxylation is 1. The Labute approximate surface area is 190 Å². The molecule has 1 aliphatic heterocycles. The summed E-state index contributed by atoms with van der Waals surface area (Å²) in [5.74, 6) is 0.693. The van der Waals surface area contributed by atoms with E-state index in [1.165, 1.54) is 16.7 Å². The van der Waals surface area contributed by atoms with Crippen LogP contribution in [0.4, 0.5) is 15.4 Å². The number of hydrogen-bond acceptors (Lipinski definition) is 6. The minimum absolute atomic E-state index is 0.155.